The molecule has 4 aliphatic heterocycles. The van der Waals surface area contributed by atoms with Crippen molar-refractivity contribution in [3.63, 3.8) is 0 Å². The molecule has 4 heterocycles. The second-order valence-corrected chi connectivity index (χ2v) is 14.2. The topological polar surface area (TPSA) is 129 Å². The highest BCUT2D eigenvalue weighted by Gasteiger charge is 2.58. The Bertz CT molecular complexity index is 1730. The summed E-state index contributed by atoms with van der Waals surface area (Å²) in [7, 11) is 0. The van der Waals surface area contributed by atoms with Crippen molar-refractivity contribution < 1.29 is 23.9 Å². The zero-order valence-electron chi connectivity index (χ0n) is 29.5. The minimum absolute atomic E-state index is 0.101. The lowest BCUT2D eigenvalue weighted by Gasteiger charge is -2.52. The number of cyclic esters (lactones) is 1. The van der Waals surface area contributed by atoms with E-state index in [2.05, 4.69) is 10.2 Å². The van der Waals surface area contributed by atoms with Crippen LogP contribution in [-0.2, 0) is 19.1 Å². The highest BCUT2D eigenvalue weighted by Crippen LogP contribution is 2.39. The summed E-state index contributed by atoms with van der Waals surface area (Å²) in [5.41, 5.74) is 8.90. The van der Waals surface area contributed by atoms with Gasteiger partial charge < -0.3 is 30.5 Å². The lowest BCUT2D eigenvalue weighted by Crippen LogP contribution is -2.74. The van der Waals surface area contributed by atoms with Gasteiger partial charge in [0.1, 0.15) is 24.9 Å². The van der Waals surface area contributed by atoms with E-state index >= 15 is 0 Å². The number of nitrogens with two attached hydrogens (primary N) is 1. The van der Waals surface area contributed by atoms with Crippen molar-refractivity contribution in [2.24, 2.45) is 5.73 Å². The van der Waals surface area contributed by atoms with E-state index in [1.54, 1.807) is 0 Å². The molecule has 0 saturated carbocycles. The number of hydrogen-bond acceptors (Lipinski definition) is 7. The van der Waals surface area contributed by atoms with Gasteiger partial charge in [0.15, 0.2) is 0 Å². The highest BCUT2D eigenvalue weighted by molar-refractivity contribution is 5.99. The maximum Gasteiger partial charge on any atom is 0.411 e. The van der Waals surface area contributed by atoms with E-state index in [9.17, 15) is 19.2 Å². The van der Waals surface area contributed by atoms with Gasteiger partial charge in [0.05, 0.1) is 18.5 Å². The first kappa shape index (κ1) is 35.4. The van der Waals surface area contributed by atoms with Crippen LogP contribution < -0.4 is 11.1 Å². The number of nitrogens with one attached hydrogen (secondary N) is 1. The van der Waals surface area contributed by atoms with Crippen molar-refractivity contribution in [3.8, 4) is 0 Å². The Morgan fingerprint density at radius 3 is 2.15 bits per heavy atom. The maximum absolute atomic E-state index is 14.5. The van der Waals surface area contributed by atoms with Gasteiger partial charge in [-0.25, -0.2) is 4.79 Å². The smallest absolute Gasteiger partial charge is 0.411 e. The average molecular weight is 705 g/mol. The summed E-state index contributed by atoms with van der Waals surface area (Å²) < 4.78 is 5.52. The number of piperidine rings is 2. The molecule has 0 bridgehead atoms. The van der Waals surface area contributed by atoms with Crippen LogP contribution in [0.1, 0.15) is 67.4 Å². The number of hydrogen-bond donors (Lipinski definition) is 2. The van der Waals surface area contributed by atoms with Crippen LogP contribution >= 0.6 is 0 Å². The number of carbonyl (C=O) groups excluding carboxylic acids is 4. The Kier molecular flexibility index (Phi) is 11.0. The predicted molar refractivity (Wildman–Crippen MR) is 197 cm³/mol. The van der Waals surface area contributed by atoms with E-state index in [1.807, 2.05) is 108 Å². The molecule has 3 aromatic carbocycles. The molecule has 4 saturated heterocycles. The molecule has 5 atom stereocenters. The Hall–Kier alpha value is -5.00. The summed E-state index contributed by atoms with van der Waals surface area (Å²) in [4.78, 5) is 63.5. The van der Waals surface area contributed by atoms with Gasteiger partial charge >= 0.3 is 6.09 Å². The first-order valence-electron chi connectivity index (χ1n) is 18.6. The van der Waals surface area contributed by atoms with Gasteiger partial charge in [-0.3, -0.25) is 19.3 Å². The van der Waals surface area contributed by atoms with Crippen LogP contribution in [0.2, 0.25) is 0 Å². The minimum atomic E-state index is -1.16. The minimum Gasteiger partial charge on any atom is -0.447 e. The third-order valence-electron chi connectivity index (χ3n) is 11.0. The van der Waals surface area contributed by atoms with E-state index in [4.69, 9.17) is 10.5 Å². The zero-order valence-corrected chi connectivity index (χ0v) is 29.5. The van der Waals surface area contributed by atoms with Crippen LogP contribution in [0.4, 0.5) is 4.79 Å². The molecule has 0 aliphatic carbocycles. The lowest BCUT2D eigenvalue weighted by atomic mass is 9.87. The summed E-state index contributed by atoms with van der Waals surface area (Å²) >= 11 is 0. The van der Waals surface area contributed by atoms with Crippen LogP contribution in [0.15, 0.2) is 97.1 Å². The van der Waals surface area contributed by atoms with E-state index < -0.39 is 48.2 Å². The summed E-state index contributed by atoms with van der Waals surface area (Å²) in [6, 6.07) is 25.4. The molecule has 272 valence electrons. The Morgan fingerprint density at radius 1 is 0.846 bits per heavy atom. The average Bonchev–Trinajstić information content (AvgIpc) is 3.57. The van der Waals surface area contributed by atoms with Gasteiger partial charge in [-0.15, -0.1) is 0 Å². The van der Waals surface area contributed by atoms with E-state index in [-0.39, 0.29) is 18.9 Å². The molecule has 7 rings (SSSR count). The summed E-state index contributed by atoms with van der Waals surface area (Å²) in [6.45, 7) is 3.51. The number of nitrogens with zero attached hydrogens (tertiary/aromatic N) is 4. The van der Waals surface area contributed by atoms with Crippen LogP contribution in [0.25, 0.3) is 6.08 Å². The van der Waals surface area contributed by atoms with Crippen molar-refractivity contribution in [1.29, 1.82) is 0 Å². The molecule has 0 unspecified atom stereocenters. The third kappa shape index (κ3) is 7.61. The number of rotatable bonds is 11. The molecule has 3 N–H and O–H groups in total. The zero-order chi connectivity index (χ0) is 36.0. The van der Waals surface area contributed by atoms with Gasteiger partial charge in [0.2, 0.25) is 17.7 Å². The van der Waals surface area contributed by atoms with Crippen LogP contribution in [0, 0.1) is 0 Å². The molecule has 52 heavy (non-hydrogen) atoms. The fourth-order valence-corrected chi connectivity index (χ4v) is 8.17. The Labute approximate surface area is 305 Å². The summed E-state index contributed by atoms with van der Waals surface area (Å²) in [5, 5.41) is 2.88. The molecule has 0 radical (unpaired) electrons. The second-order valence-electron chi connectivity index (χ2n) is 14.2. The molecule has 0 spiro atoms. The second kappa shape index (κ2) is 16.1. The standard InChI is InChI=1S/C41H48N6O5/c42-38(31-17-9-3-10-18-31)43-39(49)34(27-36(48)45-25-21-32(22-26-45)44-23-11-4-12-24-44)46-33(20-19-29-13-5-1-6-14-29)37(40(46)50)47-35(28-52-41(47)51)30-15-7-2-8-16-30/h1-3,5-10,13-20,32-35,37-38H,4,11-12,21-28,42H2,(H,43,49)/b20-19+/t33-,34-,35-,37+,38+/m1/s1. The van der Waals surface area contributed by atoms with E-state index in [1.165, 1.54) is 29.1 Å². The fourth-order valence-electron chi connectivity index (χ4n) is 8.17. The molecule has 0 aromatic heterocycles. The van der Waals surface area contributed by atoms with E-state index in [0.717, 1.165) is 37.1 Å². The first-order valence-corrected chi connectivity index (χ1v) is 18.6. The van der Waals surface area contributed by atoms with Crippen molar-refractivity contribution in [3.05, 3.63) is 114 Å². The highest BCUT2D eigenvalue weighted by atomic mass is 16.6. The molecule has 11 nitrogen and oxygen atoms in total. The number of benzene rings is 3. The lowest BCUT2D eigenvalue weighted by molar-refractivity contribution is -0.164. The van der Waals surface area contributed by atoms with Crippen molar-refractivity contribution in [2.75, 3.05) is 32.8 Å². The maximum atomic E-state index is 14.5. The molecule has 4 fully saturated rings. The molecule has 3 aromatic rings. The number of likely N-dealkylation sites (tertiary alicyclic amines) is 3. The quantitative estimate of drug-likeness (QED) is 0.223. The molecule has 4 aliphatic rings. The Morgan fingerprint density at radius 2 is 1.48 bits per heavy atom. The van der Waals surface area contributed by atoms with Gasteiger partial charge in [-0.1, -0.05) is 110 Å². The number of β-lactam (4-membered cyclic amide) rings is 1. The van der Waals surface area contributed by atoms with Gasteiger partial charge in [-0.05, 0) is 55.5 Å². The predicted octanol–water partition coefficient (Wildman–Crippen LogP) is 4.48. The summed E-state index contributed by atoms with van der Waals surface area (Å²) in [5.74, 6) is -1.13. The van der Waals surface area contributed by atoms with Crippen molar-refractivity contribution >= 4 is 29.9 Å². The monoisotopic (exact) mass is 704 g/mol. The van der Waals surface area contributed by atoms with Gasteiger partial charge in [-0.2, -0.15) is 0 Å². The Balaban J connectivity index is 1.17. The van der Waals surface area contributed by atoms with Crippen LogP contribution in [0.3, 0.4) is 0 Å². The number of ether oxygens (including phenoxy) is 1. The van der Waals surface area contributed by atoms with Gasteiger partial charge in [0.25, 0.3) is 0 Å². The fraction of sp³-hybridized carbons (Fsp3) is 0.415. The van der Waals surface area contributed by atoms with Crippen LogP contribution in [-0.4, -0.2) is 100 Å². The third-order valence-corrected chi connectivity index (χ3v) is 11.0. The molecular formula is C41H48N6O5. The molecule has 4 amide bonds. The van der Waals surface area contributed by atoms with Crippen molar-refractivity contribution in [2.45, 2.75) is 74.9 Å². The van der Waals surface area contributed by atoms with Gasteiger partial charge in [0, 0.05) is 19.1 Å². The first-order chi connectivity index (χ1) is 25.4. The molecular weight excluding hydrogens is 656 g/mol. The van der Waals surface area contributed by atoms with Crippen LogP contribution in [0.5, 0.6) is 0 Å². The normalized spacial score (nSPS) is 24.0. The largest absolute Gasteiger partial charge is 0.447 e. The molecule has 11 heteroatoms. The number of carbonyl (C=O) groups is 4. The SMILES string of the molecule is N[C@@H](NC(=O)[C@@H](CC(=O)N1CCC(N2CCCCC2)CC1)N1C(=O)[C@@H](N2C(=O)OC[C@@H]2c2ccccc2)[C@H]1/C=C/c1ccccc1)c1ccccc1. The summed E-state index contributed by atoms with van der Waals surface area (Å²) in [6.07, 6.45) is 7.54. The van der Waals surface area contributed by atoms with E-state index in [0.29, 0.717) is 24.7 Å². The number of amides is 4. The van der Waals surface area contributed by atoms with Crippen molar-refractivity contribution in [1.82, 2.24) is 24.9 Å².